The Morgan fingerprint density at radius 1 is 1.19 bits per heavy atom. The molecule has 0 spiro atoms. The molecule has 11 heteroatoms. The minimum Gasteiger partial charge on any atom is -0.502 e. The Balaban J connectivity index is 1.69. The Morgan fingerprint density at radius 2 is 1.88 bits per heavy atom. The van der Waals surface area contributed by atoms with Gasteiger partial charge in [-0.25, -0.2) is 13.2 Å². The SMILES string of the molecule is C[C@@H]1CCCCN2CN1n1cc(C(=O)NCc3c(F)cc(F)cc3F)c(=O)c(O)c1C2=O. The normalized spacial score (nSPS) is 18.1. The van der Waals surface area contributed by atoms with Gasteiger partial charge in [0, 0.05) is 43.0 Å². The summed E-state index contributed by atoms with van der Waals surface area (Å²) in [6, 6.07) is 0.903. The molecule has 2 aliphatic heterocycles. The van der Waals surface area contributed by atoms with Crippen molar-refractivity contribution in [3.8, 4) is 5.75 Å². The molecule has 8 nitrogen and oxygen atoms in total. The molecule has 3 heterocycles. The summed E-state index contributed by atoms with van der Waals surface area (Å²) in [5, 5.41) is 14.5. The Labute approximate surface area is 180 Å². The lowest BCUT2D eigenvalue weighted by molar-refractivity contribution is 0.0656. The van der Waals surface area contributed by atoms with E-state index in [2.05, 4.69) is 5.32 Å². The molecule has 2 aromatic rings. The van der Waals surface area contributed by atoms with Gasteiger partial charge < -0.3 is 15.3 Å². The number of benzene rings is 1. The fraction of sp³-hybridized carbons (Fsp3) is 0.381. The van der Waals surface area contributed by atoms with E-state index >= 15 is 0 Å². The van der Waals surface area contributed by atoms with Crippen LogP contribution in [0.25, 0.3) is 0 Å². The number of nitrogens with zero attached hydrogens (tertiary/aromatic N) is 3. The highest BCUT2D eigenvalue weighted by Gasteiger charge is 2.36. The number of nitrogens with one attached hydrogen (secondary N) is 1. The topological polar surface area (TPSA) is 94.9 Å². The number of carbonyl (C=O) groups excluding carboxylic acids is 2. The number of rotatable bonds is 3. The van der Waals surface area contributed by atoms with Crippen molar-refractivity contribution < 1.29 is 27.9 Å². The second-order valence-electron chi connectivity index (χ2n) is 7.94. The molecule has 4 rings (SSSR count). The number of hydrogen-bond donors (Lipinski definition) is 2. The molecule has 0 radical (unpaired) electrons. The summed E-state index contributed by atoms with van der Waals surface area (Å²) < 4.78 is 42.1. The zero-order valence-electron chi connectivity index (χ0n) is 17.2. The number of pyridine rings is 1. The Kier molecular flexibility index (Phi) is 5.57. The maximum absolute atomic E-state index is 13.8. The van der Waals surface area contributed by atoms with Gasteiger partial charge in [0.1, 0.15) is 29.7 Å². The Morgan fingerprint density at radius 3 is 2.56 bits per heavy atom. The molecule has 0 aliphatic carbocycles. The van der Waals surface area contributed by atoms with Crippen LogP contribution in [-0.2, 0) is 6.54 Å². The van der Waals surface area contributed by atoms with Gasteiger partial charge in [-0.2, -0.15) is 0 Å². The van der Waals surface area contributed by atoms with Gasteiger partial charge in [-0.3, -0.25) is 24.1 Å². The molecule has 170 valence electrons. The summed E-state index contributed by atoms with van der Waals surface area (Å²) in [5.74, 6) is -5.87. The van der Waals surface area contributed by atoms with Gasteiger partial charge in [0.05, 0.1) is 0 Å². The van der Waals surface area contributed by atoms with Crippen molar-refractivity contribution >= 4 is 11.8 Å². The van der Waals surface area contributed by atoms with Gasteiger partial charge in [-0.1, -0.05) is 0 Å². The predicted molar refractivity (Wildman–Crippen MR) is 107 cm³/mol. The van der Waals surface area contributed by atoms with Crippen LogP contribution in [0.4, 0.5) is 13.2 Å². The lowest BCUT2D eigenvalue weighted by atomic mass is 10.1. The number of hydrogen-bond acceptors (Lipinski definition) is 5. The number of fused-ring (bicyclic) bond motifs is 4. The average Bonchev–Trinajstić information content (AvgIpc) is 2.72. The van der Waals surface area contributed by atoms with Gasteiger partial charge in [-0.15, -0.1) is 0 Å². The zero-order valence-corrected chi connectivity index (χ0v) is 17.2. The van der Waals surface area contributed by atoms with Crippen LogP contribution in [0.3, 0.4) is 0 Å². The van der Waals surface area contributed by atoms with Gasteiger partial charge >= 0.3 is 0 Å². The van der Waals surface area contributed by atoms with Crippen molar-refractivity contribution in [3.05, 3.63) is 62.8 Å². The average molecular weight is 450 g/mol. The molecule has 0 saturated carbocycles. The highest BCUT2D eigenvalue weighted by Crippen LogP contribution is 2.25. The van der Waals surface area contributed by atoms with Gasteiger partial charge in [0.15, 0.2) is 11.4 Å². The molecule has 2 amide bonds. The maximum Gasteiger partial charge on any atom is 0.277 e. The molecule has 1 fully saturated rings. The summed E-state index contributed by atoms with van der Waals surface area (Å²) in [4.78, 5) is 39.7. The van der Waals surface area contributed by atoms with E-state index in [9.17, 15) is 32.7 Å². The highest BCUT2D eigenvalue weighted by atomic mass is 19.1. The zero-order chi connectivity index (χ0) is 23.2. The standard InChI is InChI=1S/C21H21F3N4O4/c1-11-4-2-3-5-26-10-28(11)27-9-14(18(29)19(30)17(27)21(26)32)20(31)25-8-13-15(23)6-12(22)7-16(13)24/h6-7,9,11,30H,2-5,8,10H2,1H3,(H,25,31)/t11-/m1/s1. The number of amides is 2. The highest BCUT2D eigenvalue weighted by molar-refractivity contribution is 5.99. The van der Waals surface area contributed by atoms with Gasteiger partial charge in [-0.05, 0) is 26.2 Å². The van der Waals surface area contributed by atoms with Gasteiger partial charge in [0.25, 0.3) is 11.8 Å². The van der Waals surface area contributed by atoms with Crippen LogP contribution in [0.15, 0.2) is 23.1 Å². The van der Waals surface area contributed by atoms with E-state index in [-0.39, 0.29) is 18.4 Å². The summed E-state index contributed by atoms with van der Waals surface area (Å²) in [7, 11) is 0. The number of halogens is 3. The third kappa shape index (κ3) is 3.67. The molecule has 2 aliphatic rings. The van der Waals surface area contributed by atoms with E-state index in [4.69, 9.17) is 0 Å². The number of aromatic hydroxyl groups is 1. The lowest BCUT2D eigenvalue weighted by Gasteiger charge is -2.44. The minimum atomic E-state index is -1.19. The third-order valence-electron chi connectivity index (χ3n) is 5.83. The lowest BCUT2D eigenvalue weighted by Crippen LogP contribution is -2.58. The first-order valence-corrected chi connectivity index (χ1v) is 10.2. The van der Waals surface area contributed by atoms with E-state index in [1.165, 1.54) is 9.58 Å². The van der Waals surface area contributed by atoms with Crippen LogP contribution in [0.2, 0.25) is 0 Å². The van der Waals surface area contributed by atoms with Crippen LogP contribution in [0.1, 0.15) is 52.6 Å². The van der Waals surface area contributed by atoms with Crippen molar-refractivity contribution in [2.75, 3.05) is 18.2 Å². The summed E-state index contributed by atoms with van der Waals surface area (Å²) in [6.07, 6.45) is 3.63. The molecule has 1 aromatic carbocycles. The van der Waals surface area contributed by atoms with Gasteiger partial charge in [0.2, 0.25) is 5.43 Å². The molecule has 32 heavy (non-hydrogen) atoms. The number of aromatic nitrogens is 1. The molecule has 1 atom stereocenters. The van der Waals surface area contributed by atoms with Crippen molar-refractivity contribution in [3.63, 3.8) is 0 Å². The Hall–Kier alpha value is -3.50. The fourth-order valence-corrected chi connectivity index (χ4v) is 4.03. The van der Waals surface area contributed by atoms with E-state index in [0.29, 0.717) is 18.7 Å². The molecular formula is C21H21F3N4O4. The molecule has 1 aromatic heterocycles. The second kappa shape index (κ2) is 8.21. The van der Waals surface area contributed by atoms with Crippen LogP contribution >= 0.6 is 0 Å². The van der Waals surface area contributed by atoms with E-state index < -0.39 is 58.1 Å². The van der Waals surface area contributed by atoms with E-state index in [0.717, 1.165) is 25.5 Å². The summed E-state index contributed by atoms with van der Waals surface area (Å²) >= 11 is 0. The second-order valence-corrected chi connectivity index (χ2v) is 7.94. The van der Waals surface area contributed by atoms with Crippen LogP contribution < -0.4 is 15.8 Å². The minimum absolute atomic E-state index is 0.0510. The fourth-order valence-electron chi connectivity index (χ4n) is 4.03. The van der Waals surface area contributed by atoms with Crippen molar-refractivity contribution in [1.29, 1.82) is 0 Å². The first kappa shape index (κ1) is 21.7. The van der Waals surface area contributed by atoms with E-state index in [1.54, 1.807) is 5.01 Å². The third-order valence-corrected chi connectivity index (χ3v) is 5.83. The largest absolute Gasteiger partial charge is 0.502 e. The molecule has 0 unspecified atom stereocenters. The molecule has 2 bridgehead atoms. The monoisotopic (exact) mass is 450 g/mol. The Bertz CT molecular complexity index is 1140. The van der Waals surface area contributed by atoms with Crippen molar-refractivity contribution in [2.45, 2.75) is 38.8 Å². The quantitative estimate of drug-likeness (QED) is 0.744. The van der Waals surface area contributed by atoms with Crippen LogP contribution in [0, 0.1) is 17.5 Å². The first-order valence-electron chi connectivity index (χ1n) is 10.2. The molecule has 1 saturated heterocycles. The first-order chi connectivity index (χ1) is 15.2. The number of carbonyl (C=O) groups is 2. The van der Waals surface area contributed by atoms with Crippen molar-refractivity contribution in [2.24, 2.45) is 0 Å². The van der Waals surface area contributed by atoms with E-state index in [1.807, 2.05) is 6.92 Å². The predicted octanol–water partition coefficient (Wildman–Crippen LogP) is 1.82. The summed E-state index contributed by atoms with van der Waals surface area (Å²) in [6.45, 7) is 1.98. The molecular weight excluding hydrogens is 429 g/mol. The van der Waals surface area contributed by atoms with Crippen LogP contribution in [0.5, 0.6) is 5.75 Å². The smallest absolute Gasteiger partial charge is 0.277 e. The van der Waals surface area contributed by atoms with Crippen molar-refractivity contribution in [1.82, 2.24) is 14.9 Å². The summed E-state index contributed by atoms with van der Waals surface area (Å²) in [5.41, 5.74) is -2.38. The maximum atomic E-state index is 13.8. The molecule has 2 N–H and O–H groups in total. The van der Waals surface area contributed by atoms with Crippen LogP contribution in [-0.4, -0.2) is 45.8 Å².